The molecule has 0 heterocycles. The third-order valence-electron chi connectivity index (χ3n) is 1.92. The maximum Gasteiger partial charge on any atom is 0.380 e. The van der Waals surface area contributed by atoms with Crippen molar-refractivity contribution in [2.45, 2.75) is 11.8 Å². The second-order valence-corrected chi connectivity index (χ2v) is 6.73. The summed E-state index contributed by atoms with van der Waals surface area (Å²) in [7, 11) is 2.85. The van der Waals surface area contributed by atoms with Gasteiger partial charge in [-0.25, -0.2) is 0 Å². The van der Waals surface area contributed by atoms with E-state index in [1.807, 2.05) is 6.92 Å². The fourth-order valence-corrected chi connectivity index (χ4v) is 2.36. The van der Waals surface area contributed by atoms with E-state index in [0.717, 1.165) is 17.3 Å². The van der Waals surface area contributed by atoms with E-state index in [4.69, 9.17) is 29.5 Å². The smallest absolute Gasteiger partial charge is 0.380 e. The highest BCUT2D eigenvalue weighted by atomic mass is 32.5. The van der Waals surface area contributed by atoms with Crippen LogP contribution in [0.15, 0.2) is 23.1 Å². The van der Waals surface area contributed by atoms with E-state index in [1.165, 1.54) is 14.2 Å². The average Bonchev–Trinajstić information content (AvgIpc) is 2.31. The van der Waals surface area contributed by atoms with Crippen LogP contribution in [0.25, 0.3) is 0 Å². The van der Waals surface area contributed by atoms with Gasteiger partial charge in [-0.15, -0.1) is 11.8 Å². The molecule has 0 atom stereocenters. The third-order valence-corrected chi connectivity index (χ3v) is 5.05. The largest absolute Gasteiger partial charge is 0.424 e. The average molecular weight is 281 g/mol. The molecule has 0 spiro atoms. The lowest BCUT2D eigenvalue weighted by Gasteiger charge is -2.18. The van der Waals surface area contributed by atoms with E-state index in [9.17, 15) is 0 Å². The van der Waals surface area contributed by atoms with Crippen LogP contribution in [-0.2, 0) is 20.9 Å². The minimum absolute atomic E-state index is 0.499. The molecule has 16 heavy (non-hydrogen) atoms. The number of benzene rings is 1. The first-order valence-corrected chi connectivity index (χ1v) is 7.77. The Hall–Kier alpha value is -0.0600. The quantitative estimate of drug-likeness (QED) is 0.607. The molecule has 0 amide bonds. The fraction of sp³-hybridized carbons (Fsp3) is 0.400. The van der Waals surface area contributed by atoms with Crippen LogP contribution >= 0.6 is 18.5 Å². The molecule has 0 saturated heterocycles. The monoisotopic (exact) mass is 281 g/mol. The maximum absolute atomic E-state index is 7.24. The number of hydrogen-bond acceptors (Lipinski definition) is 5. The highest BCUT2D eigenvalue weighted by Crippen LogP contribution is 2.48. The summed E-state index contributed by atoms with van der Waals surface area (Å²) in [6.07, 6.45) is -2.07. The second kappa shape index (κ2) is 6.03. The van der Waals surface area contributed by atoms with E-state index in [0.29, 0.717) is 10.6 Å². The van der Waals surface area contributed by atoms with Crippen LogP contribution in [0.1, 0.15) is 9.68 Å². The van der Waals surface area contributed by atoms with E-state index in [-0.39, 0.29) is 0 Å². The molecule has 0 N–H and O–H groups in total. The van der Waals surface area contributed by atoms with Crippen molar-refractivity contribution in [3.8, 4) is 5.75 Å². The van der Waals surface area contributed by atoms with Gasteiger partial charge in [0, 0.05) is 35.0 Å². The van der Waals surface area contributed by atoms with Crippen molar-refractivity contribution in [3.05, 3.63) is 23.8 Å². The van der Waals surface area contributed by atoms with Crippen LogP contribution in [0.2, 0.25) is 0 Å². The summed E-state index contributed by atoms with van der Waals surface area (Å²) >= 11 is 5.93. The number of hydrogen-bond donors (Lipinski definition) is 0. The van der Waals surface area contributed by atoms with Gasteiger partial charge in [0.1, 0.15) is 5.75 Å². The van der Waals surface area contributed by atoms with Crippen molar-refractivity contribution in [2.75, 3.05) is 20.4 Å². The zero-order chi connectivity index (χ0) is 14.7. The van der Waals surface area contributed by atoms with Crippen molar-refractivity contribution in [3.63, 3.8) is 0 Å². The van der Waals surface area contributed by atoms with Gasteiger partial charge in [-0.2, -0.15) is 0 Å². The molecular formula is C10H15O3PS2. The normalized spacial score (nSPS) is 15.1. The van der Waals surface area contributed by atoms with Gasteiger partial charge in [-0.3, -0.25) is 0 Å². The summed E-state index contributed by atoms with van der Waals surface area (Å²) in [4.78, 5) is 0.676. The minimum atomic E-state index is -2.76. The molecule has 0 aliphatic carbocycles. The Kier molecular flexibility index (Phi) is 3.74. The number of rotatable bonds is 5. The van der Waals surface area contributed by atoms with Crippen LogP contribution in [0.3, 0.4) is 0 Å². The highest BCUT2D eigenvalue weighted by Gasteiger charge is 2.18. The Labute approximate surface area is 110 Å². The van der Waals surface area contributed by atoms with Gasteiger partial charge >= 0.3 is 6.72 Å². The van der Waals surface area contributed by atoms with Gasteiger partial charge in [0.15, 0.2) is 0 Å². The molecule has 1 rings (SSSR count). The summed E-state index contributed by atoms with van der Waals surface area (Å²) < 4.78 is 37.3. The van der Waals surface area contributed by atoms with Crippen molar-refractivity contribution in [1.82, 2.24) is 0 Å². The van der Waals surface area contributed by atoms with Crippen LogP contribution in [-0.4, -0.2) is 20.4 Å². The zero-order valence-electron chi connectivity index (χ0n) is 12.2. The standard InChI is InChI=1S/C10H15O3PS2/c1-8-7-9(5-6-10(8)16-4)13-14(15,11-2)12-3/h5-7H,1-4H3/i4D3. The molecule has 0 fully saturated rings. The molecule has 90 valence electrons. The van der Waals surface area contributed by atoms with Crippen LogP contribution in [0.5, 0.6) is 5.75 Å². The Morgan fingerprint density at radius 1 is 1.38 bits per heavy atom. The SMILES string of the molecule is [2H]C([2H])([2H])Sc1ccc(OP(=S)(OC)OC)cc1C. The second-order valence-electron chi connectivity index (χ2n) is 2.93. The first-order valence-electron chi connectivity index (χ1n) is 5.90. The molecule has 0 radical (unpaired) electrons. The molecule has 1 aromatic rings. The number of aryl methyl sites for hydroxylation is 1. The van der Waals surface area contributed by atoms with E-state index >= 15 is 0 Å². The van der Waals surface area contributed by atoms with Crippen molar-refractivity contribution in [1.29, 1.82) is 0 Å². The molecule has 0 bridgehead atoms. The van der Waals surface area contributed by atoms with Gasteiger partial charge in [-0.05, 0) is 36.9 Å². The van der Waals surface area contributed by atoms with Crippen molar-refractivity contribution in [2.24, 2.45) is 0 Å². The Morgan fingerprint density at radius 2 is 2.06 bits per heavy atom. The molecule has 0 aliphatic heterocycles. The summed E-state index contributed by atoms with van der Waals surface area (Å²) in [6, 6.07) is 5.06. The van der Waals surface area contributed by atoms with Gasteiger partial charge in [0.25, 0.3) is 0 Å². The predicted octanol–water partition coefficient (Wildman–Crippen LogP) is 3.61. The Morgan fingerprint density at radius 3 is 2.56 bits per heavy atom. The van der Waals surface area contributed by atoms with E-state index in [1.54, 1.807) is 18.2 Å². The highest BCUT2D eigenvalue weighted by molar-refractivity contribution is 8.07. The maximum atomic E-state index is 7.24. The summed E-state index contributed by atoms with van der Waals surface area (Å²) in [5.74, 6) is 0.499. The Bertz CT molecular complexity index is 485. The van der Waals surface area contributed by atoms with Gasteiger partial charge in [0.05, 0.1) is 0 Å². The summed E-state index contributed by atoms with van der Waals surface area (Å²) in [5.41, 5.74) is 0.799. The van der Waals surface area contributed by atoms with E-state index < -0.39 is 12.9 Å². The Balaban J connectivity index is 2.91. The van der Waals surface area contributed by atoms with Gasteiger partial charge < -0.3 is 13.6 Å². The lowest BCUT2D eigenvalue weighted by atomic mass is 10.2. The summed E-state index contributed by atoms with van der Waals surface area (Å²) in [5, 5.41) is 0. The first kappa shape index (κ1) is 9.92. The molecule has 3 nitrogen and oxygen atoms in total. The topological polar surface area (TPSA) is 27.7 Å². The van der Waals surface area contributed by atoms with Crippen molar-refractivity contribution >= 4 is 30.3 Å². The minimum Gasteiger partial charge on any atom is -0.424 e. The van der Waals surface area contributed by atoms with E-state index in [2.05, 4.69) is 0 Å². The number of thioether (sulfide) groups is 1. The fourth-order valence-electron chi connectivity index (χ4n) is 1.07. The van der Waals surface area contributed by atoms with Crippen molar-refractivity contribution < 1.29 is 17.7 Å². The molecular weight excluding hydrogens is 263 g/mol. The van der Waals surface area contributed by atoms with Crippen LogP contribution in [0.4, 0.5) is 0 Å². The zero-order valence-corrected chi connectivity index (χ0v) is 11.7. The molecule has 6 heteroatoms. The van der Waals surface area contributed by atoms with Crippen LogP contribution < -0.4 is 4.52 Å². The molecule has 0 aromatic heterocycles. The lowest BCUT2D eigenvalue weighted by molar-refractivity contribution is 0.273. The predicted molar refractivity (Wildman–Crippen MR) is 71.9 cm³/mol. The molecule has 0 aliphatic rings. The molecule has 0 saturated carbocycles. The van der Waals surface area contributed by atoms with Gasteiger partial charge in [0.2, 0.25) is 0 Å². The van der Waals surface area contributed by atoms with Crippen LogP contribution in [0, 0.1) is 6.92 Å². The molecule has 0 unspecified atom stereocenters. The molecule has 1 aromatic carbocycles. The lowest BCUT2D eigenvalue weighted by Crippen LogP contribution is -1.97. The van der Waals surface area contributed by atoms with Gasteiger partial charge in [-0.1, -0.05) is 0 Å². The first-order chi connectivity index (χ1) is 8.69. The third kappa shape index (κ3) is 3.47. The summed E-state index contributed by atoms with van der Waals surface area (Å²) in [6.45, 7) is -0.954.